The van der Waals surface area contributed by atoms with Crippen molar-refractivity contribution >= 4 is 15.9 Å². The molecule has 0 spiro atoms. The highest BCUT2D eigenvalue weighted by Gasteiger charge is 2.21. The van der Waals surface area contributed by atoms with E-state index >= 15 is 0 Å². The summed E-state index contributed by atoms with van der Waals surface area (Å²) in [5.41, 5.74) is 4.88. The summed E-state index contributed by atoms with van der Waals surface area (Å²) < 4.78 is 6.28. The van der Waals surface area contributed by atoms with Crippen LogP contribution in [-0.2, 0) is 6.42 Å². The topological polar surface area (TPSA) is 37.9 Å². The molecule has 2 aromatic rings. The molecule has 0 radical (unpaired) electrons. The second kappa shape index (κ2) is 3.10. The molecule has 3 nitrogen and oxygen atoms in total. The third kappa shape index (κ3) is 1.21. The molecule has 1 N–H and O–H groups in total. The molecule has 0 amide bonds. The fourth-order valence-electron chi connectivity index (χ4n) is 2.01. The summed E-state index contributed by atoms with van der Waals surface area (Å²) in [6, 6.07) is 4.16. The van der Waals surface area contributed by atoms with Gasteiger partial charge in [0, 0.05) is 17.5 Å². The number of ether oxygens (including phenoxy) is 1. The predicted octanol–water partition coefficient (Wildman–Crippen LogP) is 2.75. The van der Waals surface area contributed by atoms with Crippen LogP contribution in [-0.4, -0.2) is 17.3 Å². The number of aromatic amines is 1. The molecule has 0 saturated heterocycles. The van der Waals surface area contributed by atoms with Crippen molar-refractivity contribution in [2.24, 2.45) is 0 Å². The normalized spacial score (nSPS) is 12.4. The van der Waals surface area contributed by atoms with Crippen LogP contribution in [0.25, 0.3) is 11.3 Å². The zero-order valence-electron chi connectivity index (χ0n) is 8.17. The van der Waals surface area contributed by atoms with Gasteiger partial charge in [-0.1, -0.05) is 0 Å². The molecule has 1 aliphatic rings. The van der Waals surface area contributed by atoms with Gasteiger partial charge in [-0.05, 0) is 33.6 Å². The lowest BCUT2D eigenvalue weighted by Gasteiger charge is -2.06. The molecule has 0 aliphatic heterocycles. The summed E-state index contributed by atoms with van der Waals surface area (Å²) in [6.07, 6.45) is 2.83. The smallest absolute Gasteiger partial charge is 0.133 e. The van der Waals surface area contributed by atoms with Crippen LogP contribution in [0.5, 0.6) is 5.75 Å². The van der Waals surface area contributed by atoms with E-state index in [-0.39, 0.29) is 0 Å². The lowest BCUT2D eigenvalue weighted by Crippen LogP contribution is -1.88. The van der Waals surface area contributed by atoms with Crippen molar-refractivity contribution in [1.82, 2.24) is 10.2 Å². The number of methoxy groups -OCH3 is 1. The third-order valence-electron chi connectivity index (χ3n) is 2.75. The average Bonchev–Trinajstić information content (AvgIpc) is 2.76. The highest BCUT2D eigenvalue weighted by atomic mass is 79.9. The molecule has 1 aromatic carbocycles. The van der Waals surface area contributed by atoms with Gasteiger partial charge in [0.1, 0.15) is 5.75 Å². The lowest BCUT2D eigenvalue weighted by molar-refractivity contribution is 0.412. The van der Waals surface area contributed by atoms with Crippen LogP contribution in [0.3, 0.4) is 0 Å². The average molecular weight is 265 g/mol. The van der Waals surface area contributed by atoms with Gasteiger partial charge in [0.15, 0.2) is 0 Å². The molecule has 1 aliphatic carbocycles. The van der Waals surface area contributed by atoms with Crippen LogP contribution in [0.4, 0.5) is 0 Å². The maximum atomic E-state index is 5.28. The Bertz CT molecular complexity index is 533. The van der Waals surface area contributed by atoms with Gasteiger partial charge < -0.3 is 4.74 Å². The van der Waals surface area contributed by atoms with Gasteiger partial charge in [0.05, 0.1) is 23.5 Å². The number of hydrogen-bond acceptors (Lipinski definition) is 2. The van der Waals surface area contributed by atoms with Crippen LogP contribution in [0.15, 0.2) is 22.8 Å². The summed E-state index contributed by atoms with van der Waals surface area (Å²) >= 11 is 3.49. The number of rotatable bonds is 1. The molecule has 1 aromatic heterocycles. The van der Waals surface area contributed by atoms with E-state index in [4.69, 9.17) is 4.74 Å². The third-order valence-corrected chi connectivity index (χ3v) is 3.37. The Morgan fingerprint density at radius 3 is 3.07 bits per heavy atom. The lowest BCUT2D eigenvalue weighted by atomic mass is 10.1. The van der Waals surface area contributed by atoms with Crippen LogP contribution < -0.4 is 4.74 Å². The van der Waals surface area contributed by atoms with Gasteiger partial charge in [0.25, 0.3) is 0 Å². The molecule has 0 fully saturated rings. The van der Waals surface area contributed by atoms with Crippen molar-refractivity contribution in [2.75, 3.05) is 7.11 Å². The second-order valence-corrected chi connectivity index (χ2v) is 4.45. The van der Waals surface area contributed by atoms with Gasteiger partial charge in [-0.3, -0.25) is 5.10 Å². The molecule has 0 unspecified atom stereocenters. The minimum Gasteiger partial charge on any atom is -0.496 e. The summed E-state index contributed by atoms with van der Waals surface area (Å²) in [7, 11) is 1.68. The van der Waals surface area contributed by atoms with Crippen molar-refractivity contribution in [3.63, 3.8) is 0 Å². The van der Waals surface area contributed by atoms with Crippen molar-refractivity contribution < 1.29 is 4.74 Å². The van der Waals surface area contributed by atoms with E-state index < -0.39 is 0 Å². The SMILES string of the molecule is COc1cc2c(cc1Br)Cc1cn[nH]c1-2. The molecule has 0 atom stereocenters. The zero-order valence-corrected chi connectivity index (χ0v) is 9.76. The Labute approximate surface area is 95.6 Å². The molecular weight excluding hydrogens is 256 g/mol. The number of halogens is 1. The predicted molar refractivity (Wildman–Crippen MR) is 61.1 cm³/mol. The van der Waals surface area contributed by atoms with E-state index in [1.165, 1.54) is 16.7 Å². The minimum absolute atomic E-state index is 0.858. The molecule has 1 heterocycles. The Kier molecular flexibility index (Phi) is 1.85. The molecule has 76 valence electrons. The number of nitrogens with one attached hydrogen (secondary N) is 1. The van der Waals surface area contributed by atoms with E-state index in [1.807, 2.05) is 12.3 Å². The Morgan fingerprint density at radius 2 is 2.27 bits per heavy atom. The summed E-state index contributed by atoms with van der Waals surface area (Å²) in [4.78, 5) is 0. The minimum atomic E-state index is 0.858. The van der Waals surface area contributed by atoms with Crippen LogP contribution >= 0.6 is 15.9 Å². The molecular formula is C11H9BrN2O. The van der Waals surface area contributed by atoms with Gasteiger partial charge in [0.2, 0.25) is 0 Å². The van der Waals surface area contributed by atoms with E-state index in [0.29, 0.717) is 0 Å². The Morgan fingerprint density at radius 1 is 1.40 bits per heavy atom. The quantitative estimate of drug-likeness (QED) is 0.734. The molecule has 15 heavy (non-hydrogen) atoms. The first-order valence-corrected chi connectivity index (χ1v) is 5.48. The van der Waals surface area contributed by atoms with Crippen LogP contribution in [0, 0.1) is 0 Å². The highest BCUT2D eigenvalue weighted by Crippen LogP contribution is 2.40. The Balaban J connectivity index is 2.24. The summed E-state index contributed by atoms with van der Waals surface area (Å²) in [5.74, 6) is 0.858. The van der Waals surface area contributed by atoms with E-state index in [9.17, 15) is 0 Å². The Hall–Kier alpha value is -1.29. The van der Waals surface area contributed by atoms with Crippen molar-refractivity contribution in [1.29, 1.82) is 0 Å². The molecule has 0 bridgehead atoms. The first-order chi connectivity index (χ1) is 7.29. The largest absolute Gasteiger partial charge is 0.496 e. The summed E-state index contributed by atoms with van der Waals surface area (Å²) in [5, 5.41) is 7.07. The fourth-order valence-corrected chi connectivity index (χ4v) is 2.57. The standard InChI is InChI=1S/C11H9BrN2O/c1-15-10-4-8-6(3-9(10)12)2-7-5-13-14-11(7)8/h3-5H,2H2,1H3,(H,13,14). The van der Waals surface area contributed by atoms with Gasteiger partial charge in [-0.15, -0.1) is 0 Å². The van der Waals surface area contributed by atoms with Gasteiger partial charge in [-0.25, -0.2) is 0 Å². The van der Waals surface area contributed by atoms with E-state index in [1.54, 1.807) is 7.11 Å². The van der Waals surface area contributed by atoms with E-state index in [0.717, 1.165) is 22.3 Å². The summed E-state index contributed by atoms with van der Waals surface area (Å²) in [6.45, 7) is 0. The number of benzene rings is 1. The molecule has 4 heteroatoms. The number of nitrogens with zero attached hydrogens (tertiary/aromatic N) is 1. The molecule has 3 rings (SSSR count). The van der Waals surface area contributed by atoms with E-state index in [2.05, 4.69) is 32.2 Å². The maximum absolute atomic E-state index is 5.28. The van der Waals surface area contributed by atoms with Gasteiger partial charge in [-0.2, -0.15) is 5.10 Å². The van der Waals surface area contributed by atoms with Crippen LogP contribution in [0.2, 0.25) is 0 Å². The molecule has 0 saturated carbocycles. The maximum Gasteiger partial charge on any atom is 0.133 e. The first-order valence-electron chi connectivity index (χ1n) is 4.68. The monoisotopic (exact) mass is 264 g/mol. The fraction of sp³-hybridized carbons (Fsp3) is 0.182. The second-order valence-electron chi connectivity index (χ2n) is 3.59. The van der Waals surface area contributed by atoms with Crippen LogP contribution in [0.1, 0.15) is 11.1 Å². The number of fused-ring (bicyclic) bond motifs is 3. The number of H-pyrrole nitrogens is 1. The number of aromatic nitrogens is 2. The van der Waals surface area contributed by atoms with Crippen molar-refractivity contribution in [3.05, 3.63) is 33.9 Å². The van der Waals surface area contributed by atoms with Gasteiger partial charge >= 0.3 is 0 Å². The first kappa shape index (κ1) is 8.97. The highest BCUT2D eigenvalue weighted by molar-refractivity contribution is 9.10. The van der Waals surface area contributed by atoms with Crippen molar-refractivity contribution in [3.8, 4) is 17.0 Å². The van der Waals surface area contributed by atoms with Crippen molar-refractivity contribution in [2.45, 2.75) is 6.42 Å². The number of hydrogen-bond donors (Lipinski definition) is 1. The zero-order chi connectivity index (χ0) is 10.4.